The van der Waals surface area contributed by atoms with Gasteiger partial charge < -0.3 is 0 Å². The molecule has 1 aromatic rings. The molecule has 1 saturated carbocycles. The van der Waals surface area contributed by atoms with E-state index in [-0.39, 0.29) is 5.92 Å². The van der Waals surface area contributed by atoms with Crippen LogP contribution in [0.5, 0.6) is 0 Å². The summed E-state index contributed by atoms with van der Waals surface area (Å²) in [6.07, 6.45) is 7.99. The van der Waals surface area contributed by atoms with Crippen molar-refractivity contribution in [3.63, 3.8) is 0 Å². The molecule has 18 heavy (non-hydrogen) atoms. The van der Waals surface area contributed by atoms with E-state index in [1.807, 2.05) is 13.0 Å². The summed E-state index contributed by atoms with van der Waals surface area (Å²) in [4.78, 5) is 16.5. The molecule has 1 aliphatic carbocycles. The summed E-state index contributed by atoms with van der Waals surface area (Å²) in [5, 5.41) is 0. The molecule has 0 bridgehead atoms. The molecular formula is C16H23NO. The van der Waals surface area contributed by atoms with E-state index in [4.69, 9.17) is 0 Å². The van der Waals surface area contributed by atoms with Crippen LogP contribution in [0.3, 0.4) is 0 Å². The lowest BCUT2D eigenvalue weighted by molar-refractivity contribution is 0.0858. The number of carbonyl (C=O) groups is 1. The molecule has 98 valence electrons. The molecule has 0 aliphatic heterocycles. The second-order valence-electron chi connectivity index (χ2n) is 5.91. The maximum absolute atomic E-state index is 12.5. The van der Waals surface area contributed by atoms with Crippen LogP contribution in [0.2, 0.25) is 0 Å². The van der Waals surface area contributed by atoms with Gasteiger partial charge >= 0.3 is 0 Å². The van der Waals surface area contributed by atoms with Crippen LogP contribution in [0, 0.1) is 24.7 Å². The molecule has 2 heteroatoms. The van der Waals surface area contributed by atoms with Gasteiger partial charge in [-0.1, -0.05) is 13.8 Å². The SMILES string of the molecule is Cc1ccncc1C(=O)C1CCC(C(C)C)CC1. The van der Waals surface area contributed by atoms with Gasteiger partial charge in [0.2, 0.25) is 0 Å². The van der Waals surface area contributed by atoms with Gasteiger partial charge in [-0.3, -0.25) is 9.78 Å². The first-order valence-corrected chi connectivity index (χ1v) is 7.04. The fraction of sp³-hybridized carbons (Fsp3) is 0.625. The lowest BCUT2D eigenvalue weighted by Gasteiger charge is -2.30. The number of rotatable bonds is 3. The molecule has 0 amide bonds. The average molecular weight is 245 g/mol. The monoisotopic (exact) mass is 245 g/mol. The van der Waals surface area contributed by atoms with Crippen molar-refractivity contribution in [2.75, 3.05) is 0 Å². The summed E-state index contributed by atoms with van der Waals surface area (Å²) >= 11 is 0. The minimum atomic E-state index is 0.225. The molecule has 1 aromatic heterocycles. The van der Waals surface area contributed by atoms with E-state index < -0.39 is 0 Å². The third-order valence-corrected chi connectivity index (χ3v) is 4.39. The van der Waals surface area contributed by atoms with Gasteiger partial charge in [-0.15, -0.1) is 0 Å². The van der Waals surface area contributed by atoms with Crippen molar-refractivity contribution in [2.24, 2.45) is 17.8 Å². The lowest BCUT2D eigenvalue weighted by atomic mass is 9.74. The third kappa shape index (κ3) is 2.80. The summed E-state index contributed by atoms with van der Waals surface area (Å²) in [7, 11) is 0. The van der Waals surface area contributed by atoms with Gasteiger partial charge in [0.15, 0.2) is 5.78 Å². The second kappa shape index (κ2) is 5.64. The topological polar surface area (TPSA) is 30.0 Å². The molecule has 1 heterocycles. The fourth-order valence-electron chi connectivity index (χ4n) is 2.99. The summed E-state index contributed by atoms with van der Waals surface area (Å²) in [6, 6.07) is 1.92. The van der Waals surface area contributed by atoms with E-state index in [0.29, 0.717) is 5.78 Å². The Kier molecular flexibility index (Phi) is 4.15. The zero-order valence-electron chi connectivity index (χ0n) is 11.6. The van der Waals surface area contributed by atoms with Gasteiger partial charge in [0.1, 0.15) is 0 Å². The zero-order valence-corrected chi connectivity index (χ0v) is 11.6. The molecule has 2 nitrogen and oxygen atoms in total. The standard InChI is InChI=1S/C16H23NO/c1-11(2)13-4-6-14(7-5-13)16(18)15-10-17-9-8-12(15)3/h8-11,13-14H,4-7H2,1-3H3. The summed E-state index contributed by atoms with van der Waals surface area (Å²) in [5.41, 5.74) is 1.88. The highest BCUT2D eigenvalue weighted by Crippen LogP contribution is 2.34. The second-order valence-corrected chi connectivity index (χ2v) is 5.91. The zero-order chi connectivity index (χ0) is 13.1. The maximum Gasteiger partial charge on any atom is 0.167 e. The van der Waals surface area contributed by atoms with Crippen molar-refractivity contribution in [3.05, 3.63) is 29.6 Å². The Balaban J connectivity index is 2.02. The Morgan fingerprint density at radius 3 is 2.50 bits per heavy atom. The van der Waals surface area contributed by atoms with Crippen molar-refractivity contribution >= 4 is 5.78 Å². The lowest BCUT2D eigenvalue weighted by Crippen LogP contribution is -2.24. The highest BCUT2D eigenvalue weighted by atomic mass is 16.1. The van der Waals surface area contributed by atoms with Crippen LogP contribution in [0.4, 0.5) is 0 Å². The number of Topliss-reactive ketones (excluding diaryl/α,β-unsaturated/α-hetero) is 1. The smallest absolute Gasteiger partial charge is 0.167 e. The number of hydrogen-bond donors (Lipinski definition) is 0. The van der Waals surface area contributed by atoms with Crippen LogP contribution < -0.4 is 0 Å². The Morgan fingerprint density at radius 2 is 1.94 bits per heavy atom. The number of nitrogens with zero attached hydrogens (tertiary/aromatic N) is 1. The highest BCUT2D eigenvalue weighted by Gasteiger charge is 2.28. The first-order valence-electron chi connectivity index (χ1n) is 7.04. The summed E-state index contributed by atoms with van der Waals surface area (Å²) in [5.74, 6) is 2.09. The number of pyridine rings is 1. The molecule has 0 aromatic carbocycles. The minimum absolute atomic E-state index is 0.225. The number of carbonyl (C=O) groups excluding carboxylic acids is 1. The van der Waals surface area contributed by atoms with Crippen molar-refractivity contribution in [3.8, 4) is 0 Å². The first kappa shape index (κ1) is 13.3. The molecule has 2 rings (SSSR count). The van der Waals surface area contributed by atoms with Crippen molar-refractivity contribution in [2.45, 2.75) is 46.5 Å². The average Bonchev–Trinajstić information content (AvgIpc) is 2.38. The number of hydrogen-bond acceptors (Lipinski definition) is 2. The van der Waals surface area contributed by atoms with Crippen LogP contribution in [-0.2, 0) is 0 Å². The summed E-state index contributed by atoms with van der Waals surface area (Å²) in [6.45, 7) is 6.57. The molecular weight excluding hydrogens is 222 g/mol. The van der Waals surface area contributed by atoms with Crippen molar-refractivity contribution in [1.82, 2.24) is 4.98 Å². The summed E-state index contributed by atoms with van der Waals surface area (Å²) < 4.78 is 0. The molecule has 1 aliphatic rings. The number of ketones is 1. The maximum atomic E-state index is 12.5. The molecule has 0 N–H and O–H groups in total. The Hall–Kier alpha value is -1.18. The first-order chi connectivity index (χ1) is 8.59. The Bertz CT molecular complexity index is 417. The normalized spacial score (nSPS) is 24.2. The highest BCUT2D eigenvalue weighted by molar-refractivity contribution is 5.98. The van der Waals surface area contributed by atoms with Gasteiger partial charge in [-0.25, -0.2) is 0 Å². The predicted molar refractivity (Wildman–Crippen MR) is 73.6 cm³/mol. The number of aromatic nitrogens is 1. The molecule has 0 radical (unpaired) electrons. The largest absolute Gasteiger partial charge is 0.294 e. The molecule has 0 atom stereocenters. The van der Waals surface area contributed by atoms with E-state index in [1.54, 1.807) is 12.4 Å². The van der Waals surface area contributed by atoms with Gasteiger partial charge in [0, 0.05) is 23.9 Å². The van der Waals surface area contributed by atoms with Gasteiger partial charge in [-0.05, 0) is 56.1 Å². The number of aryl methyl sites for hydroxylation is 1. The van der Waals surface area contributed by atoms with Gasteiger partial charge in [0.25, 0.3) is 0 Å². The Labute approximate surface area is 110 Å². The van der Waals surface area contributed by atoms with Crippen molar-refractivity contribution in [1.29, 1.82) is 0 Å². The van der Waals surface area contributed by atoms with Crippen LogP contribution in [0.25, 0.3) is 0 Å². The molecule has 0 spiro atoms. The van der Waals surface area contributed by atoms with Crippen LogP contribution in [-0.4, -0.2) is 10.8 Å². The Morgan fingerprint density at radius 1 is 1.28 bits per heavy atom. The fourth-order valence-corrected chi connectivity index (χ4v) is 2.99. The van der Waals surface area contributed by atoms with Crippen molar-refractivity contribution < 1.29 is 4.79 Å². The van der Waals surface area contributed by atoms with Crippen LogP contribution in [0.1, 0.15) is 55.5 Å². The quantitative estimate of drug-likeness (QED) is 0.752. The minimum Gasteiger partial charge on any atom is -0.294 e. The van der Waals surface area contributed by atoms with E-state index in [0.717, 1.165) is 35.8 Å². The predicted octanol–water partition coefficient (Wildman–Crippen LogP) is 4.04. The van der Waals surface area contributed by atoms with Crippen LogP contribution >= 0.6 is 0 Å². The van der Waals surface area contributed by atoms with E-state index in [9.17, 15) is 4.79 Å². The van der Waals surface area contributed by atoms with Crippen LogP contribution in [0.15, 0.2) is 18.5 Å². The van der Waals surface area contributed by atoms with E-state index >= 15 is 0 Å². The molecule has 0 saturated heterocycles. The molecule has 0 unspecified atom stereocenters. The van der Waals surface area contributed by atoms with Gasteiger partial charge in [0.05, 0.1) is 0 Å². The van der Waals surface area contributed by atoms with E-state index in [1.165, 1.54) is 12.8 Å². The molecule has 1 fully saturated rings. The third-order valence-electron chi connectivity index (χ3n) is 4.39. The van der Waals surface area contributed by atoms with E-state index in [2.05, 4.69) is 18.8 Å². The van der Waals surface area contributed by atoms with Gasteiger partial charge in [-0.2, -0.15) is 0 Å².